The van der Waals surface area contributed by atoms with Gasteiger partial charge in [0.05, 0.1) is 5.75 Å². The van der Waals surface area contributed by atoms with E-state index >= 15 is 0 Å². The second-order valence-electron chi connectivity index (χ2n) is 5.97. The van der Waals surface area contributed by atoms with Crippen LogP contribution in [0.3, 0.4) is 0 Å². The van der Waals surface area contributed by atoms with E-state index in [0.717, 1.165) is 18.2 Å². The van der Waals surface area contributed by atoms with Gasteiger partial charge in [-0.15, -0.1) is 10.2 Å². The number of nitrogens with two attached hydrogens (primary N) is 1. The number of nitrogens with zero attached hydrogens (tertiary/aromatic N) is 3. The molecule has 3 rings (SSSR count). The summed E-state index contributed by atoms with van der Waals surface area (Å²) in [7, 11) is 0. The van der Waals surface area contributed by atoms with E-state index in [1.165, 1.54) is 22.4 Å². The molecule has 152 valence electrons. The van der Waals surface area contributed by atoms with Gasteiger partial charge in [0.1, 0.15) is 5.75 Å². The van der Waals surface area contributed by atoms with E-state index < -0.39 is 6.61 Å². The highest BCUT2D eigenvalue weighted by Gasteiger charge is 2.14. The minimum absolute atomic E-state index is 0.0325. The van der Waals surface area contributed by atoms with Crippen LogP contribution in [0.5, 0.6) is 5.75 Å². The fourth-order valence-electron chi connectivity index (χ4n) is 2.51. The number of carbonyl (C=O) groups excluding carboxylic acids is 1. The molecule has 1 aromatic heterocycles. The molecule has 0 saturated heterocycles. The van der Waals surface area contributed by atoms with E-state index in [0.29, 0.717) is 22.2 Å². The van der Waals surface area contributed by atoms with Crippen molar-refractivity contribution in [3.8, 4) is 17.1 Å². The van der Waals surface area contributed by atoms with Gasteiger partial charge in [-0.2, -0.15) is 8.78 Å². The van der Waals surface area contributed by atoms with Gasteiger partial charge in [-0.3, -0.25) is 4.79 Å². The smallest absolute Gasteiger partial charge is 0.387 e. The molecule has 0 radical (unpaired) electrons. The summed E-state index contributed by atoms with van der Waals surface area (Å²) >= 11 is 1.14. The van der Waals surface area contributed by atoms with Crippen LogP contribution < -0.4 is 15.9 Å². The zero-order valence-corrected chi connectivity index (χ0v) is 16.3. The zero-order chi connectivity index (χ0) is 20.8. The van der Waals surface area contributed by atoms with Crippen molar-refractivity contribution in [2.45, 2.75) is 25.1 Å². The molecule has 29 heavy (non-hydrogen) atoms. The molecule has 0 saturated carbocycles. The quantitative estimate of drug-likeness (QED) is 0.428. The first kappa shape index (κ1) is 20.6. The monoisotopic (exact) mass is 419 g/mol. The maximum absolute atomic E-state index is 12.2. The Labute approximate surface area is 170 Å². The molecule has 10 heteroatoms. The number of benzene rings is 2. The summed E-state index contributed by atoms with van der Waals surface area (Å²) in [6, 6.07) is 13.5. The SMILES string of the molecule is CCc1ccc(NC(=O)CSc2nnc(-c3ccc(OC(F)F)cc3)n2N)cc1. The van der Waals surface area contributed by atoms with Crippen LogP contribution in [0.25, 0.3) is 11.4 Å². The first-order chi connectivity index (χ1) is 14.0. The lowest BCUT2D eigenvalue weighted by Crippen LogP contribution is -2.16. The lowest BCUT2D eigenvalue weighted by molar-refractivity contribution is -0.113. The Morgan fingerprint density at radius 3 is 2.48 bits per heavy atom. The van der Waals surface area contributed by atoms with Crippen LogP contribution in [0.1, 0.15) is 12.5 Å². The van der Waals surface area contributed by atoms with Crippen LogP contribution in [-0.4, -0.2) is 33.1 Å². The van der Waals surface area contributed by atoms with Crippen LogP contribution >= 0.6 is 11.8 Å². The highest BCUT2D eigenvalue weighted by Crippen LogP contribution is 2.24. The van der Waals surface area contributed by atoms with Crippen molar-refractivity contribution in [3.63, 3.8) is 0 Å². The number of ether oxygens (including phenoxy) is 1. The second-order valence-corrected chi connectivity index (χ2v) is 6.91. The molecule has 0 bridgehead atoms. The Hall–Kier alpha value is -3.14. The molecule has 3 N–H and O–H groups in total. The fourth-order valence-corrected chi connectivity index (χ4v) is 3.17. The average Bonchev–Trinajstić information content (AvgIpc) is 3.07. The highest BCUT2D eigenvalue weighted by molar-refractivity contribution is 7.99. The number of aromatic nitrogens is 3. The van der Waals surface area contributed by atoms with E-state index in [1.54, 1.807) is 12.1 Å². The maximum Gasteiger partial charge on any atom is 0.387 e. The first-order valence-corrected chi connectivity index (χ1v) is 9.72. The van der Waals surface area contributed by atoms with Gasteiger partial charge in [0.25, 0.3) is 0 Å². The Morgan fingerprint density at radius 2 is 1.86 bits per heavy atom. The number of alkyl halides is 2. The third-order valence-electron chi connectivity index (χ3n) is 3.98. The molecule has 0 fully saturated rings. The van der Waals surface area contributed by atoms with Crippen molar-refractivity contribution >= 4 is 23.4 Å². The molecule has 3 aromatic rings. The molecule has 0 aliphatic rings. The predicted molar refractivity (Wildman–Crippen MR) is 107 cm³/mol. The van der Waals surface area contributed by atoms with Gasteiger partial charge in [-0.25, -0.2) is 4.68 Å². The van der Waals surface area contributed by atoms with Gasteiger partial charge >= 0.3 is 6.61 Å². The van der Waals surface area contributed by atoms with Gasteiger partial charge in [0.2, 0.25) is 11.1 Å². The number of nitrogen functional groups attached to an aromatic ring is 1. The lowest BCUT2D eigenvalue weighted by Gasteiger charge is -2.07. The number of anilines is 1. The molecule has 7 nitrogen and oxygen atoms in total. The number of halogens is 2. The fraction of sp³-hybridized carbons (Fsp3) is 0.211. The molecule has 1 heterocycles. The Kier molecular flexibility index (Phi) is 6.65. The third-order valence-corrected chi connectivity index (χ3v) is 4.92. The van der Waals surface area contributed by atoms with Gasteiger partial charge in [0, 0.05) is 11.3 Å². The van der Waals surface area contributed by atoms with Crippen molar-refractivity contribution in [2.24, 2.45) is 0 Å². The molecule has 0 spiro atoms. The van der Waals surface area contributed by atoms with Crippen molar-refractivity contribution in [1.29, 1.82) is 0 Å². The largest absolute Gasteiger partial charge is 0.435 e. The lowest BCUT2D eigenvalue weighted by atomic mass is 10.1. The minimum Gasteiger partial charge on any atom is -0.435 e. The maximum atomic E-state index is 12.2. The number of amides is 1. The van der Waals surface area contributed by atoms with Crippen LogP contribution in [0, 0.1) is 0 Å². The summed E-state index contributed by atoms with van der Waals surface area (Å²) in [5.41, 5.74) is 2.48. The normalized spacial score (nSPS) is 10.9. The van der Waals surface area contributed by atoms with E-state index in [2.05, 4.69) is 27.2 Å². The molecule has 0 unspecified atom stereocenters. The third kappa shape index (κ3) is 5.44. The molecule has 2 aromatic carbocycles. The molecular formula is C19H19F2N5O2S. The highest BCUT2D eigenvalue weighted by atomic mass is 32.2. The molecular weight excluding hydrogens is 400 g/mol. The first-order valence-electron chi connectivity index (χ1n) is 8.73. The zero-order valence-electron chi connectivity index (χ0n) is 15.5. The number of nitrogens with one attached hydrogen (secondary N) is 1. The van der Waals surface area contributed by atoms with Crippen molar-refractivity contribution in [1.82, 2.24) is 14.9 Å². The standard InChI is InChI=1S/C19H19F2N5O2S/c1-2-12-3-7-14(8-4-12)23-16(27)11-29-19-25-24-17(26(19)22)13-5-9-15(10-6-13)28-18(20)21/h3-10,18H,2,11,22H2,1H3,(H,23,27). The van der Waals surface area contributed by atoms with E-state index in [1.807, 2.05) is 24.3 Å². The van der Waals surface area contributed by atoms with E-state index in [-0.39, 0.29) is 17.4 Å². The summed E-state index contributed by atoms with van der Waals surface area (Å²) in [4.78, 5) is 12.1. The van der Waals surface area contributed by atoms with Gasteiger partial charge in [-0.1, -0.05) is 30.8 Å². The van der Waals surface area contributed by atoms with E-state index in [4.69, 9.17) is 5.84 Å². The number of carbonyl (C=O) groups is 1. The average molecular weight is 419 g/mol. The minimum atomic E-state index is -2.89. The summed E-state index contributed by atoms with van der Waals surface area (Å²) in [6.07, 6.45) is 0.931. The van der Waals surface area contributed by atoms with Gasteiger partial charge < -0.3 is 15.9 Å². The summed E-state index contributed by atoms with van der Waals surface area (Å²) in [5, 5.41) is 11.1. The van der Waals surface area contributed by atoms with Crippen LogP contribution in [-0.2, 0) is 11.2 Å². The summed E-state index contributed by atoms with van der Waals surface area (Å²) < 4.78 is 30.0. The predicted octanol–water partition coefficient (Wildman–Crippen LogP) is 3.55. The Morgan fingerprint density at radius 1 is 1.17 bits per heavy atom. The molecule has 0 atom stereocenters. The van der Waals surface area contributed by atoms with Gasteiger partial charge in [-0.05, 0) is 48.4 Å². The van der Waals surface area contributed by atoms with Crippen LogP contribution in [0.2, 0.25) is 0 Å². The second kappa shape index (κ2) is 9.37. The Balaban J connectivity index is 1.59. The van der Waals surface area contributed by atoms with Gasteiger partial charge in [0.15, 0.2) is 5.82 Å². The van der Waals surface area contributed by atoms with Crippen molar-refractivity contribution in [2.75, 3.05) is 16.9 Å². The van der Waals surface area contributed by atoms with Crippen molar-refractivity contribution in [3.05, 3.63) is 54.1 Å². The topological polar surface area (TPSA) is 95.1 Å². The number of hydrogen-bond donors (Lipinski definition) is 2. The molecule has 1 amide bonds. The Bertz CT molecular complexity index is 962. The van der Waals surface area contributed by atoms with Crippen LogP contribution in [0.4, 0.5) is 14.5 Å². The number of rotatable bonds is 8. The molecule has 0 aliphatic carbocycles. The van der Waals surface area contributed by atoms with Crippen LogP contribution in [0.15, 0.2) is 53.7 Å². The summed E-state index contributed by atoms with van der Waals surface area (Å²) in [6.45, 7) is -0.828. The summed E-state index contributed by atoms with van der Waals surface area (Å²) in [5.74, 6) is 6.29. The number of thioether (sulfide) groups is 1. The number of hydrogen-bond acceptors (Lipinski definition) is 6. The number of aryl methyl sites for hydroxylation is 1. The van der Waals surface area contributed by atoms with Crippen molar-refractivity contribution < 1.29 is 18.3 Å². The van der Waals surface area contributed by atoms with E-state index in [9.17, 15) is 13.6 Å². The molecule has 0 aliphatic heterocycles.